The minimum atomic E-state index is -0.379. The van der Waals surface area contributed by atoms with Gasteiger partial charge >= 0.3 is 5.97 Å². The van der Waals surface area contributed by atoms with Gasteiger partial charge in [0, 0.05) is 13.5 Å². The summed E-state index contributed by atoms with van der Waals surface area (Å²) in [5.74, 6) is 0.565. The molecule has 0 aromatic heterocycles. The van der Waals surface area contributed by atoms with E-state index in [-0.39, 0.29) is 12.6 Å². The molecule has 0 spiro atoms. The largest absolute Gasteiger partial charge is 0.490 e. The molecular formula is C12H16O4. The fraction of sp³-hybridized carbons (Fsp3) is 0.417. The molecule has 0 fully saturated rings. The monoisotopic (exact) mass is 224 g/mol. The first-order valence-corrected chi connectivity index (χ1v) is 5.22. The van der Waals surface area contributed by atoms with Crippen molar-refractivity contribution in [3.8, 4) is 11.5 Å². The van der Waals surface area contributed by atoms with Crippen molar-refractivity contribution in [2.24, 2.45) is 0 Å². The Hall–Kier alpha value is -1.55. The number of rotatable bonds is 5. The molecule has 1 rings (SSSR count). The summed E-state index contributed by atoms with van der Waals surface area (Å²) in [6.07, 6.45) is 0.556. The molecule has 0 aliphatic rings. The normalized spacial score (nSPS) is 9.94. The van der Waals surface area contributed by atoms with Gasteiger partial charge in [-0.15, -0.1) is 0 Å². The quantitative estimate of drug-likeness (QED) is 0.609. The maximum absolute atomic E-state index is 10.9. The van der Waals surface area contributed by atoms with Crippen LogP contribution in [0.25, 0.3) is 0 Å². The van der Waals surface area contributed by atoms with Crippen LogP contribution in [-0.4, -0.2) is 24.3 Å². The summed E-state index contributed by atoms with van der Waals surface area (Å²) in [6.45, 7) is 3.78. The molecule has 0 saturated heterocycles. The standard InChI is InChI=1S/C12H16O4/c1-3-15-12-8-10(6-7-13)4-5-11(12)16-9(2)14/h4-5,8,13H,3,6-7H2,1-2H3. The van der Waals surface area contributed by atoms with Crippen LogP contribution < -0.4 is 9.47 Å². The Balaban J connectivity index is 2.93. The Bertz CT molecular complexity index is 360. The molecule has 0 bridgehead atoms. The van der Waals surface area contributed by atoms with Crippen LogP contribution in [0.15, 0.2) is 18.2 Å². The zero-order valence-corrected chi connectivity index (χ0v) is 9.53. The lowest BCUT2D eigenvalue weighted by Crippen LogP contribution is -2.04. The summed E-state index contributed by atoms with van der Waals surface area (Å²) < 4.78 is 10.4. The third kappa shape index (κ3) is 3.55. The molecule has 0 unspecified atom stereocenters. The van der Waals surface area contributed by atoms with Gasteiger partial charge in [0.2, 0.25) is 0 Å². The van der Waals surface area contributed by atoms with Gasteiger partial charge in [0.05, 0.1) is 6.61 Å². The second-order valence-electron chi connectivity index (χ2n) is 3.28. The van der Waals surface area contributed by atoms with E-state index in [1.54, 1.807) is 18.2 Å². The summed E-state index contributed by atoms with van der Waals surface area (Å²) >= 11 is 0. The first-order chi connectivity index (χ1) is 7.67. The third-order valence-electron chi connectivity index (χ3n) is 1.96. The second-order valence-corrected chi connectivity index (χ2v) is 3.28. The number of carbonyl (C=O) groups is 1. The molecule has 1 aromatic rings. The molecule has 0 aliphatic heterocycles. The lowest BCUT2D eigenvalue weighted by atomic mass is 10.1. The van der Waals surface area contributed by atoms with Crippen LogP contribution in [-0.2, 0) is 11.2 Å². The van der Waals surface area contributed by atoms with Crippen molar-refractivity contribution in [3.63, 3.8) is 0 Å². The molecule has 0 aliphatic carbocycles. The van der Waals surface area contributed by atoms with E-state index >= 15 is 0 Å². The average Bonchev–Trinajstić information content (AvgIpc) is 2.22. The Morgan fingerprint density at radius 2 is 2.12 bits per heavy atom. The molecule has 0 amide bonds. The Kier molecular flexibility index (Phi) is 4.79. The number of ether oxygens (including phenoxy) is 2. The van der Waals surface area contributed by atoms with Crippen molar-refractivity contribution >= 4 is 5.97 Å². The van der Waals surface area contributed by atoms with E-state index in [2.05, 4.69) is 0 Å². The Morgan fingerprint density at radius 3 is 2.69 bits per heavy atom. The molecule has 0 atom stereocenters. The zero-order chi connectivity index (χ0) is 12.0. The first kappa shape index (κ1) is 12.5. The van der Waals surface area contributed by atoms with E-state index in [0.29, 0.717) is 24.5 Å². The van der Waals surface area contributed by atoms with Gasteiger partial charge in [-0.3, -0.25) is 4.79 Å². The zero-order valence-electron chi connectivity index (χ0n) is 9.53. The lowest BCUT2D eigenvalue weighted by molar-refractivity contribution is -0.132. The molecular weight excluding hydrogens is 208 g/mol. The SMILES string of the molecule is CCOc1cc(CCO)ccc1OC(C)=O. The number of aliphatic hydroxyl groups excluding tert-OH is 1. The summed E-state index contributed by atoms with van der Waals surface area (Å²) in [6, 6.07) is 5.26. The predicted molar refractivity (Wildman–Crippen MR) is 59.7 cm³/mol. The van der Waals surface area contributed by atoms with Gasteiger partial charge in [0.1, 0.15) is 0 Å². The number of hydrogen-bond acceptors (Lipinski definition) is 4. The molecule has 16 heavy (non-hydrogen) atoms. The maximum atomic E-state index is 10.9. The highest BCUT2D eigenvalue weighted by molar-refractivity contribution is 5.70. The van der Waals surface area contributed by atoms with Crippen molar-refractivity contribution in [3.05, 3.63) is 23.8 Å². The maximum Gasteiger partial charge on any atom is 0.308 e. The van der Waals surface area contributed by atoms with Crippen molar-refractivity contribution in [1.82, 2.24) is 0 Å². The topological polar surface area (TPSA) is 55.8 Å². The molecule has 0 radical (unpaired) electrons. The van der Waals surface area contributed by atoms with Crippen molar-refractivity contribution in [2.45, 2.75) is 20.3 Å². The van der Waals surface area contributed by atoms with Crippen LogP contribution in [0.3, 0.4) is 0 Å². The van der Waals surface area contributed by atoms with Crippen LogP contribution in [0.5, 0.6) is 11.5 Å². The fourth-order valence-corrected chi connectivity index (χ4v) is 1.34. The van der Waals surface area contributed by atoms with E-state index in [0.717, 1.165) is 5.56 Å². The highest BCUT2D eigenvalue weighted by Gasteiger charge is 2.08. The minimum absolute atomic E-state index is 0.0818. The molecule has 0 heterocycles. The summed E-state index contributed by atoms with van der Waals surface area (Å²) in [4.78, 5) is 10.9. The molecule has 0 saturated carbocycles. The van der Waals surface area contributed by atoms with Crippen LogP contribution in [0.2, 0.25) is 0 Å². The number of carbonyl (C=O) groups excluding carboxylic acids is 1. The van der Waals surface area contributed by atoms with Gasteiger partial charge in [-0.2, -0.15) is 0 Å². The second kappa shape index (κ2) is 6.12. The number of esters is 1. The van der Waals surface area contributed by atoms with Crippen molar-refractivity contribution in [1.29, 1.82) is 0 Å². The van der Waals surface area contributed by atoms with Crippen molar-refractivity contribution < 1.29 is 19.4 Å². The number of benzene rings is 1. The van der Waals surface area contributed by atoms with Gasteiger partial charge in [-0.25, -0.2) is 0 Å². The first-order valence-electron chi connectivity index (χ1n) is 5.22. The van der Waals surface area contributed by atoms with Crippen LogP contribution in [0.1, 0.15) is 19.4 Å². The molecule has 88 valence electrons. The molecule has 1 aromatic carbocycles. The molecule has 4 heteroatoms. The molecule has 4 nitrogen and oxygen atoms in total. The highest BCUT2D eigenvalue weighted by Crippen LogP contribution is 2.28. The van der Waals surface area contributed by atoms with Gasteiger partial charge < -0.3 is 14.6 Å². The Labute approximate surface area is 94.8 Å². The highest BCUT2D eigenvalue weighted by atomic mass is 16.6. The smallest absolute Gasteiger partial charge is 0.308 e. The summed E-state index contributed by atoms with van der Waals surface area (Å²) in [5, 5.41) is 8.83. The average molecular weight is 224 g/mol. The fourth-order valence-electron chi connectivity index (χ4n) is 1.34. The van der Waals surface area contributed by atoms with Gasteiger partial charge in [0.25, 0.3) is 0 Å². The van der Waals surface area contributed by atoms with E-state index in [4.69, 9.17) is 14.6 Å². The minimum Gasteiger partial charge on any atom is -0.490 e. The third-order valence-corrected chi connectivity index (χ3v) is 1.96. The van der Waals surface area contributed by atoms with Crippen LogP contribution >= 0.6 is 0 Å². The van der Waals surface area contributed by atoms with Gasteiger partial charge in [0.15, 0.2) is 11.5 Å². The van der Waals surface area contributed by atoms with Gasteiger partial charge in [-0.05, 0) is 31.0 Å². The van der Waals surface area contributed by atoms with E-state index in [1.807, 2.05) is 6.92 Å². The lowest BCUT2D eigenvalue weighted by Gasteiger charge is -2.10. The number of hydrogen-bond donors (Lipinski definition) is 1. The summed E-state index contributed by atoms with van der Waals surface area (Å²) in [5.41, 5.74) is 0.946. The van der Waals surface area contributed by atoms with Gasteiger partial charge in [-0.1, -0.05) is 6.07 Å². The van der Waals surface area contributed by atoms with E-state index in [1.165, 1.54) is 6.92 Å². The van der Waals surface area contributed by atoms with Crippen LogP contribution in [0.4, 0.5) is 0 Å². The van der Waals surface area contributed by atoms with E-state index < -0.39 is 0 Å². The van der Waals surface area contributed by atoms with Crippen molar-refractivity contribution in [2.75, 3.05) is 13.2 Å². The number of aliphatic hydroxyl groups is 1. The van der Waals surface area contributed by atoms with Crippen LogP contribution in [0, 0.1) is 0 Å². The predicted octanol–water partition coefficient (Wildman–Crippen LogP) is 1.55. The molecule has 1 N–H and O–H groups in total. The Morgan fingerprint density at radius 1 is 1.38 bits per heavy atom. The van der Waals surface area contributed by atoms with E-state index in [9.17, 15) is 4.79 Å². The summed E-state index contributed by atoms with van der Waals surface area (Å²) in [7, 11) is 0.